The summed E-state index contributed by atoms with van der Waals surface area (Å²) in [6.07, 6.45) is 7.57. The van der Waals surface area contributed by atoms with Gasteiger partial charge in [-0.2, -0.15) is 0 Å². The Morgan fingerprint density at radius 3 is 2.50 bits per heavy atom. The van der Waals surface area contributed by atoms with Gasteiger partial charge in [-0.1, -0.05) is 48.5 Å². The molecule has 6 nitrogen and oxygen atoms in total. The highest BCUT2D eigenvalue weighted by molar-refractivity contribution is 7.98. The highest BCUT2D eigenvalue weighted by atomic mass is 32.2. The Labute approximate surface area is 171 Å². The molecule has 4 rings (SSSR count). The van der Waals surface area contributed by atoms with Crippen LogP contribution in [-0.4, -0.2) is 56.4 Å². The number of thioether (sulfide) groups is 1. The molecule has 2 unspecified atom stereocenters. The minimum Gasteiger partial charge on any atom is -0.331 e. The van der Waals surface area contributed by atoms with Crippen molar-refractivity contribution < 1.29 is 4.79 Å². The predicted octanol–water partition coefficient (Wildman–Crippen LogP) is 3.43. The van der Waals surface area contributed by atoms with E-state index in [4.69, 9.17) is 0 Å². The molecule has 0 radical (unpaired) electrons. The summed E-state index contributed by atoms with van der Waals surface area (Å²) >= 11 is 1.59. The number of amides is 1. The Morgan fingerprint density at radius 2 is 1.82 bits per heavy atom. The second kappa shape index (κ2) is 8.66. The predicted molar refractivity (Wildman–Crippen MR) is 111 cm³/mol. The Balaban J connectivity index is 1.64. The van der Waals surface area contributed by atoms with Gasteiger partial charge in [-0.05, 0) is 50.6 Å². The fourth-order valence-electron chi connectivity index (χ4n) is 4.57. The first-order valence-corrected chi connectivity index (χ1v) is 11.5. The SMILES string of the molecule is CSc1nnc(C2CCCN2C(=O)C(c2ccccc2)N2CCCCC2)n1C. The van der Waals surface area contributed by atoms with Gasteiger partial charge in [0.2, 0.25) is 5.91 Å². The lowest BCUT2D eigenvalue weighted by atomic mass is 10.00. The van der Waals surface area contributed by atoms with Crippen molar-refractivity contribution in [3.63, 3.8) is 0 Å². The zero-order valence-electron chi connectivity index (χ0n) is 16.8. The Morgan fingerprint density at radius 1 is 1.07 bits per heavy atom. The van der Waals surface area contributed by atoms with Gasteiger partial charge in [-0.25, -0.2) is 0 Å². The first-order chi connectivity index (χ1) is 13.7. The van der Waals surface area contributed by atoms with Gasteiger partial charge < -0.3 is 9.47 Å². The topological polar surface area (TPSA) is 54.3 Å². The van der Waals surface area contributed by atoms with E-state index in [0.717, 1.165) is 49.0 Å². The number of likely N-dealkylation sites (tertiary alicyclic amines) is 2. The van der Waals surface area contributed by atoms with Gasteiger partial charge in [0.25, 0.3) is 0 Å². The number of hydrogen-bond acceptors (Lipinski definition) is 5. The third-order valence-corrected chi connectivity index (χ3v) is 6.71. The summed E-state index contributed by atoms with van der Waals surface area (Å²) in [4.78, 5) is 18.3. The van der Waals surface area contributed by atoms with Crippen LogP contribution >= 0.6 is 11.8 Å². The van der Waals surface area contributed by atoms with Crippen LogP contribution in [0.4, 0.5) is 0 Å². The van der Waals surface area contributed by atoms with Crippen LogP contribution < -0.4 is 0 Å². The zero-order valence-corrected chi connectivity index (χ0v) is 17.6. The molecule has 2 aliphatic heterocycles. The maximum Gasteiger partial charge on any atom is 0.245 e. The Hall–Kier alpha value is -1.86. The molecule has 150 valence electrons. The third-order valence-electron chi connectivity index (χ3n) is 5.99. The van der Waals surface area contributed by atoms with Crippen molar-refractivity contribution in [2.45, 2.75) is 49.3 Å². The van der Waals surface area contributed by atoms with Crippen LogP contribution in [0.2, 0.25) is 0 Å². The van der Waals surface area contributed by atoms with Crippen molar-refractivity contribution in [1.82, 2.24) is 24.6 Å². The van der Waals surface area contributed by atoms with Crippen molar-refractivity contribution in [3.05, 3.63) is 41.7 Å². The number of rotatable bonds is 5. The fourth-order valence-corrected chi connectivity index (χ4v) is 5.06. The number of carbonyl (C=O) groups is 1. The molecule has 0 spiro atoms. The fraction of sp³-hybridized carbons (Fsp3) is 0.571. The molecule has 1 amide bonds. The number of nitrogens with zero attached hydrogens (tertiary/aromatic N) is 5. The first kappa shape index (κ1) is 19.5. The van der Waals surface area contributed by atoms with E-state index in [1.54, 1.807) is 11.8 Å². The standard InChI is InChI=1S/C21H29N5OS/c1-24-19(22-23-21(24)28-2)17-12-9-15-26(17)20(27)18(16-10-5-3-6-11-16)25-13-7-4-8-14-25/h3,5-6,10-11,17-18H,4,7-9,12-15H2,1-2H3. The van der Waals surface area contributed by atoms with Crippen molar-refractivity contribution in [2.24, 2.45) is 7.05 Å². The molecule has 1 aromatic heterocycles. The van der Waals surface area contributed by atoms with Crippen molar-refractivity contribution >= 4 is 17.7 Å². The number of carbonyl (C=O) groups excluding carboxylic acids is 1. The molecule has 1 aromatic carbocycles. The molecule has 2 aliphatic rings. The maximum atomic E-state index is 13.8. The molecule has 2 atom stereocenters. The van der Waals surface area contributed by atoms with Gasteiger partial charge >= 0.3 is 0 Å². The van der Waals surface area contributed by atoms with Crippen LogP contribution in [0.1, 0.15) is 55.6 Å². The molecule has 2 fully saturated rings. The lowest BCUT2D eigenvalue weighted by Crippen LogP contribution is -2.45. The van der Waals surface area contributed by atoms with Crippen molar-refractivity contribution in [3.8, 4) is 0 Å². The lowest BCUT2D eigenvalue weighted by molar-refractivity contribution is -0.139. The molecule has 0 saturated carbocycles. The smallest absolute Gasteiger partial charge is 0.245 e. The molecule has 28 heavy (non-hydrogen) atoms. The molecular formula is C21H29N5OS. The molecule has 7 heteroatoms. The van der Waals surface area contributed by atoms with E-state index in [0.29, 0.717) is 0 Å². The zero-order chi connectivity index (χ0) is 19.5. The summed E-state index contributed by atoms with van der Waals surface area (Å²) in [5.41, 5.74) is 1.10. The van der Waals surface area contributed by atoms with Crippen LogP contribution in [-0.2, 0) is 11.8 Å². The molecular weight excluding hydrogens is 370 g/mol. The highest BCUT2D eigenvalue weighted by Gasteiger charge is 2.39. The number of benzene rings is 1. The minimum atomic E-state index is -0.199. The summed E-state index contributed by atoms with van der Waals surface area (Å²) in [5, 5.41) is 9.62. The lowest BCUT2D eigenvalue weighted by Gasteiger charge is -2.37. The van der Waals surface area contributed by atoms with E-state index < -0.39 is 0 Å². The van der Waals surface area contributed by atoms with E-state index in [9.17, 15) is 4.79 Å². The molecule has 3 heterocycles. The molecule has 0 aliphatic carbocycles. The largest absolute Gasteiger partial charge is 0.331 e. The highest BCUT2D eigenvalue weighted by Crippen LogP contribution is 2.36. The number of hydrogen-bond donors (Lipinski definition) is 0. The summed E-state index contributed by atoms with van der Waals surface area (Å²) < 4.78 is 2.04. The Kier molecular flexibility index (Phi) is 6.01. The third kappa shape index (κ3) is 3.70. The summed E-state index contributed by atoms with van der Waals surface area (Å²) in [7, 11) is 2.00. The van der Waals surface area contributed by atoms with Gasteiger partial charge in [-0.15, -0.1) is 10.2 Å². The molecule has 0 N–H and O–H groups in total. The van der Waals surface area contributed by atoms with Gasteiger partial charge in [0.05, 0.1) is 6.04 Å². The number of piperidine rings is 1. The van der Waals surface area contributed by atoms with Gasteiger partial charge in [0, 0.05) is 13.6 Å². The average Bonchev–Trinajstić information content (AvgIpc) is 3.36. The normalized spacial score (nSPS) is 21.8. The van der Waals surface area contributed by atoms with E-state index >= 15 is 0 Å². The van der Waals surface area contributed by atoms with Crippen LogP contribution in [0.5, 0.6) is 0 Å². The summed E-state index contributed by atoms with van der Waals surface area (Å²) in [6, 6.07) is 10.1. The summed E-state index contributed by atoms with van der Waals surface area (Å²) in [5.74, 6) is 1.12. The van der Waals surface area contributed by atoms with Crippen LogP contribution in [0.15, 0.2) is 35.5 Å². The second-order valence-corrected chi connectivity index (χ2v) is 8.48. The van der Waals surface area contributed by atoms with Crippen LogP contribution in [0, 0.1) is 0 Å². The second-order valence-electron chi connectivity index (χ2n) is 7.70. The quantitative estimate of drug-likeness (QED) is 0.721. The monoisotopic (exact) mass is 399 g/mol. The molecule has 2 saturated heterocycles. The van der Waals surface area contributed by atoms with Crippen molar-refractivity contribution in [1.29, 1.82) is 0 Å². The van der Waals surface area contributed by atoms with Gasteiger partial charge in [-0.3, -0.25) is 9.69 Å². The van der Waals surface area contributed by atoms with Gasteiger partial charge in [0.1, 0.15) is 6.04 Å². The minimum absolute atomic E-state index is 0.0157. The van der Waals surface area contributed by atoms with Crippen molar-refractivity contribution in [2.75, 3.05) is 25.9 Å². The average molecular weight is 400 g/mol. The van der Waals surface area contributed by atoms with E-state index in [2.05, 4.69) is 32.1 Å². The molecule has 2 aromatic rings. The molecule has 0 bridgehead atoms. The van der Waals surface area contributed by atoms with E-state index in [-0.39, 0.29) is 18.0 Å². The Bertz CT molecular complexity index is 802. The van der Waals surface area contributed by atoms with E-state index in [1.807, 2.05) is 36.1 Å². The summed E-state index contributed by atoms with van der Waals surface area (Å²) in [6.45, 7) is 2.77. The maximum absolute atomic E-state index is 13.8. The van der Waals surface area contributed by atoms with Crippen LogP contribution in [0.3, 0.4) is 0 Å². The van der Waals surface area contributed by atoms with E-state index in [1.165, 1.54) is 19.3 Å². The number of aromatic nitrogens is 3. The van der Waals surface area contributed by atoms with Gasteiger partial charge in [0.15, 0.2) is 11.0 Å². The van der Waals surface area contributed by atoms with Crippen LogP contribution in [0.25, 0.3) is 0 Å². The first-order valence-electron chi connectivity index (χ1n) is 10.2.